The van der Waals surface area contributed by atoms with Crippen LogP contribution in [-0.4, -0.2) is 36.6 Å². The van der Waals surface area contributed by atoms with Crippen molar-refractivity contribution in [2.24, 2.45) is 0 Å². The number of hydrogen-bond acceptors (Lipinski definition) is 2. The fourth-order valence-corrected chi connectivity index (χ4v) is 2.57. The molecule has 2 rings (SSSR count). The first-order valence-electron chi connectivity index (χ1n) is 7.23. The third-order valence-corrected chi connectivity index (χ3v) is 3.86. The van der Waals surface area contributed by atoms with Crippen LogP contribution in [0.15, 0.2) is 24.3 Å². The van der Waals surface area contributed by atoms with E-state index in [1.54, 1.807) is 24.3 Å². The molecule has 2 amide bonds. The lowest BCUT2D eigenvalue weighted by molar-refractivity contribution is 0.239. The number of anilines is 1. The summed E-state index contributed by atoms with van der Waals surface area (Å²) in [6, 6.07) is 7.16. The molecule has 0 spiro atoms. The minimum Gasteiger partial charge on any atom is -0.334 e. The van der Waals surface area contributed by atoms with Crippen LogP contribution < -0.4 is 10.6 Å². The predicted octanol–water partition coefficient (Wildman–Crippen LogP) is 3.34. The van der Waals surface area contributed by atoms with Gasteiger partial charge >= 0.3 is 6.03 Å². The Kier molecular flexibility index (Phi) is 5.68. The van der Waals surface area contributed by atoms with Crippen molar-refractivity contribution in [3.8, 4) is 0 Å². The van der Waals surface area contributed by atoms with Crippen LogP contribution in [0.25, 0.3) is 0 Å². The van der Waals surface area contributed by atoms with Crippen LogP contribution in [-0.2, 0) is 0 Å². The highest BCUT2D eigenvalue weighted by molar-refractivity contribution is 6.30. The molecule has 1 heterocycles. The van der Waals surface area contributed by atoms with Crippen LogP contribution in [0.3, 0.4) is 0 Å². The molecule has 0 radical (unpaired) electrons. The van der Waals surface area contributed by atoms with Gasteiger partial charge in [-0.2, -0.15) is 0 Å². The third kappa shape index (κ3) is 4.69. The van der Waals surface area contributed by atoms with E-state index in [-0.39, 0.29) is 12.1 Å². The first-order valence-corrected chi connectivity index (χ1v) is 7.60. The fraction of sp³-hybridized carbons (Fsp3) is 0.533. The molecule has 1 aliphatic rings. The van der Waals surface area contributed by atoms with Gasteiger partial charge in [-0.15, -0.1) is 0 Å². The summed E-state index contributed by atoms with van der Waals surface area (Å²) in [5.74, 6) is 0. The minimum absolute atomic E-state index is 0.154. The maximum Gasteiger partial charge on any atom is 0.319 e. The molecule has 1 unspecified atom stereocenters. The smallest absolute Gasteiger partial charge is 0.319 e. The molecule has 1 aromatic rings. The Hall–Kier alpha value is -1.26. The zero-order valence-electron chi connectivity index (χ0n) is 11.9. The molecule has 0 aromatic heterocycles. The van der Waals surface area contributed by atoms with Gasteiger partial charge < -0.3 is 15.5 Å². The van der Waals surface area contributed by atoms with E-state index in [4.69, 9.17) is 11.6 Å². The second-order valence-corrected chi connectivity index (χ2v) is 5.65. The summed E-state index contributed by atoms with van der Waals surface area (Å²) in [4.78, 5) is 14.4. The van der Waals surface area contributed by atoms with Gasteiger partial charge in [-0.05, 0) is 56.6 Å². The van der Waals surface area contributed by atoms with E-state index in [1.165, 1.54) is 12.8 Å². The first-order chi connectivity index (χ1) is 9.67. The molecule has 20 heavy (non-hydrogen) atoms. The lowest BCUT2D eigenvalue weighted by Gasteiger charge is -2.23. The summed E-state index contributed by atoms with van der Waals surface area (Å²) in [6.07, 6.45) is 3.48. The molecule has 4 nitrogen and oxygen atoms in total. The van der Waals surface area contributed by atoms with Crippen molar-refractivity contribution < 1.29 is 4.79 Å². The maximum atomic E-state index is 12.0. The summed E-state index contributed by atoms with van der Waals surface area (Å²) in [5.41, 5.74) is 0.753. The van der Waals surface area contributed by atoms with E-state index in [0.717, 1.165) is 31.7 Å². The number of amides is 2. The van der Waals surface area contributed by atoms with Crippen molar-refractivity contribution >= 4 is 23.3 Å². The second-order valence-electron chi connectivity index (χ2n) is 5.22. The molecule has 1 fully saturated rings. The summed E-state index contributed by atoms with van der Waals surface area (Å²) in [6.45, 7) is 5.34. The van der Waals surface area contributed by atoms with E-state index < -0.39 is 0 Å². The van der Waals surface area contributed by atoms with Gasteiger partial charge in [-0.1, -0.05) is 18.5 Å². The van der Waals surface area contributed by atoms with Gasteiger partial charge in [0.1, 0.15) is 0 Å². The molecule has 1 aliphatic heterocycles. The number of likely N-dealkylation sites (tertiary alicyclic amines) is 1. The molecule has 1 aromatic carbocycles. The highest BCUT2D eigenvalue weighted by Crippen LogP contribution is 2.13. The number of nitrogens with zero attached hydrogens (tertiary/aromatic N) is 1. The zero-order chi connectivity index (χ0) is 14.4. The Morgan fingerprint density at radius 2 is 1.95 bits per heavy atom. The number of carbonyl (C=O) groups excluding carboxylic acids is 1. The monoisotopic (exact) mass is 295 g/mol. The number of urea groups is 1. The number of benzene rings is 1. The van der Waals surface area contributed by atoms with Crippen LogP contribution in [0.1, 0.15) is 26.2 Å². The highest BCUT2D eigenvalue weighted by atomic mass is 35.5. The summed E-state index contributed by atoms with van der Waals surface area (Å²) in [7, 11) is 0. The zero-order valence-corrected chi connectivity index (χ0v) is 12.6. The van der Waals surface area contributed by atoms with E-state index >= 15 is 0 Å². The quantitative estimate of drug-likeness (QED) is 0.875. The Balaban J connectivity index is 1.80. The van der Waals surface area contributed by atoms with Crippen LogP contribution in [0, 0.1) is 0 Å². The molecule has 1 saturated heterocycles. The highest BCUT2D eigenvalue weighted by Gasteiger charge is 2.17. The van der Waals surface area contributed by atoms with Crippen LogP contribution in [0.2, 0.25) is 5.02 Å². The van der Waals surface area contributed by atoms with E-state index in [9.17, 15) is 4.79 Å². The predicted molar refractivity (Wildman–Crippen MR) is 83.4 cm³/mol. The number of nitrogens with one attached hydrogen (secondary N) is 2. The number of halogens is 1. The van der Waals surface area contributed by atoms with Crippen LogP contribution in [0.4, 0.5) is 10.5 Å². The molecule has 5 heteroatoms. The Morgan fingerprint density at radius 3 is 2.55 bits per heavy atom. The third-order valence-electron chi connectivity index (χ3n) is 3.61. The standard InChI is InChI=1S/C15H22ClN3O/c1-2-13(11-19-9-3-4-10-19)17-15(20)18-14-7-5-12(16)6-8-14/h5-8,13H,2-4,9-11H2,1H3,(H2,17,18,20). The van der Waals surface area contributed by atoms with E-state index in [1.807, 2.05) is 0 Å². The molecule has 0 aliphatic carbocycles. The Labute approximate surface area is 125 Å². The normalized spacial score (nSPS) is 16.9. The largest absolute Gasteiger partial charge is 0.334 e. The summed E-state index contributed by atoms with van der Waals surface area (Å²) >= 11 is 5.82. The average Bonchev–Trinajstić information content (AvgIpc) is 2.93. The molecule has 1 atom stereocenters. The first kappa shape index (κ1) is 15.1. The van der Waals surface area contributed by atoms with E-state index in [0.29, 0.717) is 5.02 Å². The fourth-order valence-electron chi connectivity index (χ4n) is 2.44. The van der Waals surface area contributed by atoms with Gasteiger partial charge in [0.2, 0.25) is 0 Å². The Bertz CT molecular complexity index is 429. The van der Waals surface area contributed by atoms with Crippen LogP contribution >= 0.6 is 11.6 Å². The van der Waals surface area contributed by atoms with Crippen molar-refractivity contribution in [1.29, 1.82) is 0 Å². The lowest BCUT2D eigenvalue weighted by atomic mass is 10.2. The average molecular weight is 296 g/mol. The van der Waals surface area contributed by atoms with Gasteiger partial charge in [0.25, 0.3) is 0 Å². The van der Waals surface area contributed by atoms with Gasteiger partial charge in [-0.25, -0.2) is 4.79 Å². The van der Waals surface area contributed by atoms with Gasteiger partial charge in [0.05, 0.1) is 0 Å². The van der Waals surface area contributed by atoms with Gasteiger partial charge in [0, 0.05) is 23.3 Å². The number of carbonyl (C=O) groups is 1. The van der Waals surface area contributed by atoms with Crippen molar-refractivity contribution in [3.63, 3.8) is 0 Å². The molecule has 2 N–H and O–H groups in total. The number of rotatable bonds is 5. The van der Waals surface area contributed by atoms with Crippen LogP contribution in [0.5, 0.6) is 0 Å². The summed E-state index contributed by atoms with van der Waals surface area (Å²) in [5, 5.41) is 6.53. The lowest BCUT2D eigenvalue weighted by Crippen LogP contribution is -2.44. The molecule has 110 valence electrons. The van der Waals surface area contributed by atoms with Crippen molar-refractivity contribution in [2.45, 2.75) is 32.2 Å². The Morgan fingerprint density at radius 1 is 1.30 bits per heavy atom. The molecular formula is C15H22ClN3O. The summed E-state index contributed by atoms with van der Waals surface area (Å²) < 4.78 is 0. The van der Waals surface area contributed by atoms with Crippen molar-refractivity contribution in [3.05, 3.63) is 29.3 Å². The molecule has 0 saturated carbocycles. The van der Waals surface area contributed by atoms with Gasteiger partial charge in [-0.3, -0.25) is 0 Å². The molecular weight excluding hydrogens is 274 g/mol. The topological polar surface area (TPSA) is 44.4 Å². The maximum absolute atomic E-state index is 12.0. The van der Waals surface area contributed by atoms with Crippen molar-refractivity contribution in [1.82, 2.24) is 10.2 Å². The SMILES string of the molecule is CCC(CN1CCCC1)NC(=O)Nc1ccc(Cl)cc1. The van der Waals surface area contributed by atoms with Gasteiger partial charge in [0.15, 0.2) is 0 Å². The minimum atomic E-state index is -0.154. The molecule has 0 bridgehead atoms. The van der Waals surface area contributed by atoms with Crippen molar-refractivity contribution in [2.75, 3.05) is 25.0 Å². The van der Waals surface area contributed by atoms with E-state index in [2.05, 4.69) is 22.5 Å². The second kappa shape index (κ2) is 7.50. The number of hydrogen-bond donors (Lipinski definition) is 2.